The summed E-state index contributed by atoms with van der Waals surface area (Å²) in [5.74, 6) is 3.00. The standard InChI is InChI=1S/2C11H18O.C8H8O2/c2*12-11-7-9-5-3-1-2-4-6-10(9)8-11;1-10-8(9)7-5-3-2-4-6-7/h2*1-2,9-12H,3-8H2;2-6H,1H3/b2-1+;2-1-;. The minimum atomic E-state index is -0.291. The zero-order valence-corrected chi connectivity index (χ0v) is 20.9. The molecule has 0 saturated heterocycles. The molecule has 4 aliphatic rings. The average molecular weight is 469 g/mol. The molecule has 2 N–H and O–H groups in total. The lowest BCUT2D eigenvalue weighted by Crippen LogP contribution is -2.08. The highest BCUT2D eigenvalue weighted by Crippen LogP contribution is 2.40. The first-order valence-corrected chi connectivity index (χ1v) is 13.4. The summed E-state index contributed by atoms with van der Waals surface area (Å²) in [4.78, 5) is 10.8. The second-order valence-corrected chi connectivity index (χ2v) is 10.4. The molecule has 0 heterocycles. The Kier molecular flexibility index (Phi) is 11.4. The summed E-state index contributed by atoms with van der Waals surface area (Å²) in [7, 11) is 1.37. The number of carbonyl (C=O) groups is 1. The molecule has 4 nitrogen and oxygen atoms in total. The first-order chi connectivity index (χ1) is 16.6. The smallest absolute Gasteiger partial charge is 0.337 e. The van der Waals surface area contributed by atoms with Gasteiger partial charge < -0.3 is 14.9 Å². The van der Waals surface area contributed by atoms with Gasteiger partial charge in [0.1, 0.15) is 0 Å². The van der Waals surface area contributed by atoms with Gasteiger partial charge in [-0.15, -0.1) is 0 Å². The van der Waals surface area contributed by atoms with Crippen LogP contribution >= 0.6 is 0 Å². The van der Waals surface area contributed by atoms with Gasteiger partial charge in [0.15, 0.2) is 0 Å². The van der Waals surface area contributed by atoms with Crippen molar-refractivity contribution in [3.05, 3.63) is 60.2 Å². The SMILES string of the molecule is COC(=O)c1ccccc1.OC1CC2CC/C=C/CCC2C1.OC1CC2CC/C=C\CCC2C1. The van der Waals surface area contributed by atoms with Crippen LogP contribution in [-0.4, -0.2) is 35.5 Å². The molecule has 5 rings (SSSR count). The number of ether oxygens (including phenoxy) is 1. The number of fused-ring (bicyclic) bond motifs is 2. The Balaban J connectivity index is 0.000000144. The van der Waals surface area contributed by atoms with Gasteiger partial charge in [-0.3, -0.25) is 0 Å². The molecule has 4 aliphatic carbocycles. The van der Waals surface area contributed by atoms with Crippen molar-refractivity contribution in [1.82, 2.24) is 0 Å². The van der Waals surface area contributed by atoms with Crippen LogP contribution in [0.25, 0.3) is 0 Å². The maximum absolute atomic E-state index is 10.8. The van der Waals surface area contributed by atoms with E-state index in [-0.39, 0.29) is 18.2 Å². The third-order valence-corrected chi connectivity index (χ3v) is 7.98. The highest BCUT2D eigenvalue weighted by atomic mass is 16.5. The van der Waals surface area contributed by atoms with Crippen LogP contribution in [0.2, 0.25) is 0 Å². The van der Waals surface area contributed by atoms with Crippen LogP contribution in [0, 0.1) is 23.7 Å². The summed E-state index contributed by atoms with van der Waals surface area (Å²) in [6.45, 7) is 0. The summed E-state index contributed by atoms with van der Waals surface area (Å²) in [5.41, 5.74) is 0.588. The third kappa shape index (κ3) is 8.70. The van der Waals surface area contributed by atoms with Crippen LogP contribution in [0.4, 0.5) is 0 Å². The molecule has 4 unspecified atom stereocenters. The van der Waals surface area contributed by atoms with Crippen molar-refractivity contribution in [2.24, 2.45) is 23.7 Å². The van der Waals surface area contributed by atoms with Crippen molar-refractivity contribution in [1.29, 1.82) is 0 Å². The average Bonchev–Trinajstić information content (AvgIpc) is 3.35. The highest BCUT2D eigenvalue weighted by Gasteiger charge is 2.33. The van der Waals surface area contributed by atoms with E-state index in [0.717, 1.165) is 49.4 Å². The lowest BCUT2D eigenvalue weighted by atomic mass is 9.86. The topological polar surface area (TPSA) is 66.8 Å². The molecule has 0 bridgehead atoms. The van der Waals surface area contributed by atoms with Gasteiger partial charge in [-0.1, -0.05) is 42.5 Å². The highest BCUT2D eigenvalue weighted by molar-refractivity contribution is 5.89. The molecule has 1 aromatic rings. The van der Waals surface area contributed by atoms with Gasteiger partial charge in [-0.2, -0.15) is 0 Å². The molecule has 0 amide bonds. The minimum absolute atomic E-state index is 0.0121. The summed E-state index contributed by atoms with van der Waals surface area (Å²) < 4.78 is 4.50. The van der Waals surface area contributed by atoms with Crippen molar-refractivity contribution in [3.63, 3.8) is 0 Å². The van der Waals surface area contributed by atoms with Crippen molar-refractivity contribution >= 4 is 5.97 Å². The molecule has 0 spiro atoms. The van der Waals surface area contributed by atoms with Gasteiger partial charge in [0.05, 0.1) is 24.9 Å². The molecule has 0 aliphatic heterocycles. The molecule has 2 fully saturated rings. The summed E-state index contributed by atoms with van der Waals surface area (Å²) in [6.07, 6.45) is 23.7. The zero-order chi connectivity index (χ0) is 24.2. The molecular weight excluding hydrogens is 424 g/mol. The first kappa shape index (κ1) is 26.7. The molecule has 34 heavy (non-hydrogen) atoms. The van der Waals surface area contributed by atoms with E-state index in [2.05, 4.69) is 29.0 Å². The van der Waals surface area contributed by atoms with E-state index >= 15 is 0 Å². The third-order valence-electron chi connectivity index (χ3n) is 7.98. The number of aliphatic hydroxyl groups is 2. The number of methoxy groups -OCH3 is 1. The van der Waals surface area contributed by atoms with Gasteiger partial charge in [-0.25, -0.2) is 4.79 Å². The minimum Gasteiger partial charge on any atom is -0.465 e. The van der Waals surface area contributed by atoms with E-state index < -0.39 is 0 Å². The van der Waals surface area contributed by atoms with Gasteiger partial charge in [-0.05, 0) is 113 Å². The number of rotatable bonds is 1. The molecule has 1 aromatic carbocycles. The summed E-state index contributed by atoms with van der Waals surface area (Å²) >= 11 is 0. The lowest BCUT2D eigenvalue weighted by molar-refractivity contribution is 0.0600. The quantitative estimate of drug-likeness (QED) is 0.366. The van der Waals surface area contributed by atoms with Crippen LogP contribution in [-0.2, 0) is 4.74 Å². The van der Waals surface area contributed by atoms with Crippen LogP contribution in [0.1, 0.15) is 87.4 Å². The number of aliphatic hydroxyl groups excluding tert-OH is 2. The van der Waals surface area contributed by atoms with Crippen molar-refractivity contribution < 1.29 is 19.7 Å². The zero-order valence-electron chi connectivity index (χ0n) is 20.9. The Morgan fingerprint density at radius 3 is 1.35 bits per heavy atom. The lowest BCUT2D eigenvalue weighted by Gasteiger charge is -2.19. The van der Waals surface area contributed by atoms with Crippen LogP contribution < -0.4 is 0 Å². The van der Waals surface area contributed by atoms with Crippen LogP contribution in [0.3, 0.4) is 0 Å². The second-order valence-electron chi connectivity index (χ2n) is 10.4. The Labute approximate surface area is 206 Å². The number of carbonyl (C=O) groups excluding carboxylic acids is 1. The van der Waals surface area contributed by atoms with E-state index in [9.17, 15) is 15.0 Å². The fourth-order valence-corrected chi connectivity index (χ4v) is 6.18. The van der Waals surface area contributed by atoms with E-state index in [0.29, 0.717) is 5.56 Å². The largest absolute Gasteiger partial charge is 0.465 e. The Morgan fingerprint density at radius 1 is 0.676 bits per heavy atom. The maximum atomic E-state index is 10.8. The maximum Gasteiger partial charge on any atom is 0.337 e. The normalized spacial score (nSPS) is 34.1. The van der Waals surface area contributed by atoms with Gasteiger partial charge in [0.25, 0.3) is 0 Å². The monoisotopic (exact) mass is 468 g/mol. The Bertz CT molecular complexity index is 695. The Morgan fingerprint density at radius 2 is 1.03 bits per heavy atom. The molecule has 4 atom stereocenters. The number of allylic oxidation sites excluding steroid dienone is 4. The van der Waals surface area contributed by atoms with Crippen LogP contribution in [0.15, 0.2) is 54.6 Å². The predicted molar refractivity (Wildman–Crippen MR) is 137 cm³/mol. The summed E-state index contributed by atoms with van der Waals surface area (Å²) in [5, 5.41) is 19.0. The second kappa shape index (κ2) is 14.5. The number of hydrogen-bond donors (Lipinski definition) is 2. The van der Waals surface area contributed by atoms with E-state index in [1.54, 1.807) is 24.3 Å². The fraction of sp³-hybridized carbons (Fsp3) is 0.633. The van der Waals surface area contributed by atoms with E-state index in [1.807, 2.05) is 6.07 Å². The van der Waals surface area contributed by atoms with E-state index in [4.69, 9.17) is 0 Å². The first-order valence-electron chi connectivity index (χ1n) is 13.4. The van der Waals surface area contributed by atoms with Crippen molar-refractivity contribution in [2.45, 2.75) is 89.3 Å². The van der Waals surface area contributed by atoms with Gasteiger partial charge >= 0.3 is 5.97 Å². The molecule has 0 aromatic heterocycles. The van der Waals surface area contributed by atoms with Crippen molar-refractivity contribution in [3.8, 4) is 0 Å². The number of esters is 1. The summed E-state index contributed by atoms with van der Waals surface area (Å²) in [6, 6.07) is 8.88. The van der Waals surface area contributed by atoms with Gasteiger partial charge in [0, 0.05) is 0 Å². The number of benzene rings is 1. The fourth-order valence-electron chi connectivity index (χ4n) is 6.18. The Hall–Kier alpha value is -1.91. The molecule has 2 saturated carbocycles. The molecule has 188 valence electrons. The van der Waals surface area contributed by atoms with Crippen molar-refractivity contribution in [2.75, 3.05) is 7.11 Å². The van der Waals surface area contributed by atoms with Gasteiger partial charge in [0.2, 0.25) is 0 Å². The molecule has 4 heteroatoms. The number of hydrogen-bond acceptors (Lipinski definition) is 4. The molecular formula is C30H44O4. The molecule has 0 radical (unpaired) electrons. The van der Waals surface area contributed by atoms with E-state index in [1.165, 1.54) is 58.5 Å². The predicted octanol–water partition coefficient (Wildman–Crippen LogP) is 6.48. The van der Waals surface area contributed by atoms with Crippen LogP contribution in [0.5, 0.6) is 0 Å².